The number of nitrogens with zero attached hydrogens (tertiary/aromatic N) is 2. The molecule has 0 bridgehead atoms. The fourth-order valence-corrected chi connectivity index (χ4v) is 2.27. The Balaban J connectivity index is 1.82. The zero-order chi connectivity index (χ0) is 12.8. The Morgan fingerprint density at radius 1 is 1.56 bits per heavy atom. The van der Waals surface area contributed by atoms with E-state index in [-0.39, 0.29) is 6.04 Å². The molecule has 0 radical (unpaired) electrons. The minimum atomic E-state index is 0.266. The van der Waals surface area contributed by atoms with E-state index in [0.29, 0.717) is 19.0 Å². The molecule has 2 heterocycles. The lowest BCUT2D eigenvalue weighted by molar-refractivity contribution is 0.169. The van der Waals surface area contributed by atoms with Crippen LogP contribution in [0.4, 0.5) is 0 Å². The van der Waals surface area contributed by atoms with E-state index in [9.17, 15) is 0 Å². The number of rotatable bonds is 7. The number of nitrogens with one attached hydrogen (secondary N) is 1. The molecule has 2 aromatic heterocycles. The van der Waals surface area contributed by atoms with E-state index in [1.165, 1.54) is 4.88 Å². The molecule has 1 atom stereocenters. The SMILES string of the molecule is COCC(C)NCc1nc(Cc2cccs2)no1. The molecule has 1 N–H and O–H groups in total. The maximum Gasteiger partial charge on any atom is 0.240 e. The van der Waals surface area contributed by atoms with Crippen molar-refractivity contribution in [3.05, 3.63) is 34.1 Å². The van der Waals surface area contributed by atoms with Gasteiger partial charge in [0.2, 0.25) is 5.89 Å². The van der Waals surface area contributed by atoms with Crippen LogP contribution in [0.15, 0.2) is 22.0 Å². The van der Waals surface area contributed by atoms with Crippen LogP contribution in [0.1, 0.15) is 23.5 Å². The van der Waals surface area contributed by atoms with Gasteiger partial charge < -0.3 is 14.6 Å². The monoisotopic (exact) mass is 267 g/mol. The molecule has 0 saturated carbocycles. The molecule has 0 fully saturated rings. The van der Waals surface area contributed by atoms with Crippen LogP contribution in [-0.2, 0) is 17.7 Å². The Bertz CT molecular complexity index is 456. The van der Waals surface area contributed by atoms with E-state index in [1.807, 2.05) is 18.4 Å². The lowest BCUT2D eigenvalue weighted by Crippen LogP contribution is -2.29. The number of ether oxygens (including phenoxy) is 1. The third-order valence-corrected chi connectivity index (χ3v) is 3.32. The van der Waals surface area contributed by atoms with E-state index in [2.05, 4.69) is 21.5 Å². The van der Waals surface area contributed by atoms with Gasteiger partial charge in [-0.3, -0.25) is 0 Å². The predicted molar refractivity (Wildman–Crippen MR) is 69.6 cm³/mol. The summed E-state index contributed by atoms with van der Waals surface area (Å²) in [6.45, 7) is 3.28. The quantitative estimate of drug-likeness (QED) is 0.829. The van der Waals surface area contributed by atoms with Gasteiger partial charge in [-0.05, 0) is 18.4 Å². The zero-order valence-electron chi connectivity index (χ0n) is 10.5. The Kier molecular flexibility index (Phi) is 4.86. The first-order valence-corrected chi connectivity index (χ1v) is 6.72. The largest absolute Gasteiger partial charge is 0.383 e. The minimum Gasteiger partial charge on any atom is -0.383 e. The summed E-state index contributed by atoms with van der Waals surface area (Å²) in [6, 6.07) is 4.36. The van der Waals surface area contributed by atoms with Crippen molar-refractivity contribution >= 4 is 11.3 Å². The number of hydrogen-bond donors (Lipinski definition) is 1. The molecule has 2 aromatic rings. The summed E-state index contributed by atoms with van der Waals surface area (Å²) in [5.41, 5.74) is 0. The molecular formula is C12H17N3O2S. The summed E-state index contributed by atoms with van der Waals surface area (Å²) in [5.74, 6) is 1.35. The van der Waals surface area contributed by atoms with Gasteiger partial charge in [0, 0.05) is 24.4 Å². The third kappa shape index (κ3) is 3.90. The van der Waals surface area contributed by atoms with E-state index >= 15 is 0 Å². The van der Waals surface area contributed by atoms with Crippen molar-refractivity contribution in [2.75, 3.05) is 13.7 Å². The van der Waals surface area contributed by atoms with Gasteiger partial charge in [-0.2, -0.15) is 4.98 Å². The fourth-order valence-electron chi connectivity index (χ4n) is 1.57. The van der Waals surface area contributed by atoms with Crippen molar-refractivity contribution < 1.29 is 9.26 Å². The molecule has 5 nitrogen and oxygen atoms in total. The summed E-state index contributed by atoms with van der Waals surface area (Å²) < 4.78 is 10.2. The van der Waals surface area contributed by atoms with Gasteiger partial charge in [-0.1, -0.05) is 11.2 Å². The smallest absolute Gasteiger partial charge is 0.240 e. The summed E-state index contributed by atoms with van der Waals surface area (Å²) in [5, 5.41) is 9.26. The summed E-state index contributed by atoms with van der Waals surface area (Å²) in [4.78, 5) is 5.58. The molecule has 98 valence electrons. The number of methoxy groups -OCH3 is 1. The Labute approximate surface area is 110 Å². The molecule has 1 unspecified atom stereocenters. The van der Waals surface area contributed by atoms with Crippen LogP contribution in [0.25, 0.3) is 0 Å². The Morgan fingerprint density at radius 3 is 3.17 bits per heavy atom. The normalized spacial score (nSPS) is 12.8. The second-order valence-corrected chi connectivity index (χ2v) is 5.13. The summed E-state index contributed by atoms with van der Waals surface area (Å²) >= 11 is 1.70. The van der Waals surface area contributed by atoms with Crippen LogP contribution in [-0.4, -0.2) is 29.9 Å². The molecule has 0 spiro atoms. The van der Waals surface area contributed by atoms with Crippen molar-refractivity contribution in [3.8, 4) is 0 Å². The van der Waals surface area contributed by atoms with Gasteiger partial charge in [0.1, 0.15) is 0 Å². The first-order chi connectivity index (χ1) is 8.78. The maximum absolute atomic E-state index is 5.18. The number of aromatic nitrogens is 2. The average Bonchev–Trinajstić information content (AvgIpc) is 2.99. The van der Waals surface area contributed by atoms with Gasteiger partial charge in [-0.15, -0.1) is 11.3 Å². The second-order valence-electron chi connectivity index (χ2n) is 4.10. The molecule has 18 heavy (non-hydrogen) atoms. The Morgan fingerprint density at radius 2 is 2.44 bits per heavy atom. The van der Waals surface area contributed by atoms with Gasteiger partial charge in [0.25, 0.3) is 0 Å². The van der Waals surface area contributed by atoms with Crippen molar-refractivity contribution in [2.24, 2.45) is 0 Å². The highest BCUT2D eigenvalue weighted by molar-refractivity contribution is 7.09. The number of thiophene rings is 1. The molecule has 0 aliphatic carbocycles. The second kappa shape index (κ2) is 6.63. The molecular weight excluding hydrogens is 250 g/mol. The minimum absolute atomic E-state index is 0.266. The first-order valence-electron chi connectivity index (χ1n) is 5.84. The van der Waals surface area contributed by atoms with Gasteiger partial charge in [-0.25, -0.2) is 0 Å². The third-order valence-electron chi connectivity index (χ3n) is 2.44. The van der Waals surface area contributed by atoms with Crippen LogP contribution in [0.3, 0.4) is 0 Å². The van der Waals surface area contributed by atoms with Crippen LogP contribution in [0.2, 0.25) is 0 Å². The lowest BCUT2D eigenvalue weighted by Gasteiger charge is -2.09. The van der Waals surface area contributed by atoms with Crippen molar-refractivity contribution in [3.63, 3.8) is 0 Å². The molecule has 0 aliphatic heterocycles. The summed E-state index contributed by atoms with van der Waals surface area (Å²) in [7, 11) is 1.68. The molecule has 0 aliphatic rings. The van der Waals surface area contributed by atoms with Crippen molar-refractivity contribution in [2.45, 2.75) is 25.9 Å². The van der Waals surface area contributed by atoms with Crippen LogP contribution >= 0.6 is 11.3 Å². The van der Waals surface area contributed by atoms with Crippen molar-refractivity contribution in [1.29, 1.82) is 0 Å². The van der Waals surface area contributed by atoms with E-state index in [4.69, 9.17) is 9.26 Å². The maximum atomic E-state index is 5.18. The molecule has 6 heteroatoms. The van der Waals surface area contributed by atoms with E-state index < -0.39 is 0 Å². The molecule has 2 rings (SSSR count). The van der Waals surface area contributed by atoms with Crippen molar-refractivity contribution in [1.82, 2.24) is 15.5 Å². The number of hydrogen-bond acceptors (Lipinski definition) is 6. The van der Waals surface area contributed by atoms with E-state index in [0.717, 1.165) is 12.2 Å². The highest BCUT2D eigenvalue weighted by atomic mass is 32.1. The average molecular weight is 267 g/mol. The standard InChI is InChI=1S/C12H17N3O2S/c1-9(8-16-2)13-7-12-14-11(15-17-12)6-10-4-3-5-18-10/h3-5,9,13H,6-8H2,1-2H3. The molecule has 0 saturated heterocycles. The van der Waals surface area contributed by atoms with E-state index in [1.54, 1.807) is 18.4 Å². The first kappa shape index (κ1) is 13.2. The van der Waals surface area contributed by atoms with Gasteiger partial charge in [0.05, 0.1) is 13.2 Å². The lowest BCUT2D eigenvalue weighted by atomic mass is 10.3. The fraction of sp³-hybridized carbons (Fsp3) is 0.500. The highest BCUT2D eigenvalue weighted by Crippen LogP contribution is 2.12. The topological polar surface area (TPSA) is 60.2 Å². The molecule has 0 aromatic carbocycles. The predicted octanol–water partition coefficient (Wildman–Crippen LogP) is 1.85. The Hall–Kier alpha value is -1.24. The van der Waals surface area contributed by atoms with Crippen LogP contribution in [0.5, 0.6) is 0 Å². The van der Waals surface area contributed by atoms with Crippen LogP contribution < -0.4 is 5.32 Å². The van der Waals surface area contributed by atoms with Gasteiger partial charge in [0.15, 0.2) is 5.82 Å². The molecule has 0 amide bonds. The van der Waals surface area contributed by atoms with Gasteiger partial charge >= 0.3 is 0 Å². The van der Waals surface area contributed by atoms with Crippen LogP contribution in [0, 0.1) is 0 Å². The highest BCUT2D eigenvalue weighted by Gasteiger charge is 2.08. The zero-order valence-corrected chi connectivity index (χ0v) is 11.4. The summed E-state index contributed by atoms with van der Waals surface area (Å²) in [6.07, 6.45) is 0.731.